The summed E-state index contributed by atoms with van der Waals surface area (Å²) in [4.78, 5) is 22.4. The summed E-state index contributed by atoms with van der Waals surface area (Å²) < 4.78 is 1.56. The first-order valence-corrected chi connectivity index (χ1v) is 11.5. The first kappa shape index (κ1) is 21.9. The van der Waals surface area contributed by atoms with Crippen molar-refractivity contribution in [3.63, 3.8) is 0 Å². The number of rotatable bonds is 9. The predicted octanol–water partition coefficient (Wildman–Crippen LogP) is 4.37. The zero-order valence-electron chi connectivity index (χ0n) is 15.8. The third-order valence-corrected chi connectivity index (χ3v) is 7.00. The van der Waals surface area contributed by atoms with Gasteiger partial charge >= 0.3 is 0 Å². The maximum absolute atomic E-state index is 12.0. The maximum atomic E-state index is 12.0. The Kier molecular flexibility index (Phi) is 7.94. The lowest BCUT2D eigenvalue weighted by Crippen LogP contribution is -2.21. The molecule has 0 unspecified atom stereocenters. The topological polar surface area (TPSA) is 110 Å². The highest BCUT2D eigenvalue weighted by atomic mass is 32.2. The van der Waals surface area contributed by atoms with Crippen LogP contribution in [0, 0.1) is 10.1 Å². The molecule has 1 N–H and O–H groups in total. The zero-order valence-corrected chi connectivity index (χ0v) is 18.3. The predicted molar refractivity (Wildman–Crippen MR) is 120 cm³/mol. The number of carbonyl (C=O) groups excluding carboxylic acids is 1. The van der Waals surface area contributed by atoms with Gasteiger partial charge in [-0.3, -0.25) is 14.9 Å². The van der Waals surface area contributed by atoms with Crippen molar-refractivity contribution in [3.05, 3.63) is 75.8 Å². The summed E-state index contributed by atoms with van der Waals surface area (Å²) in [6, 6.07) is 16.2. The molecule has 0 fully saturated rings. The standard InChI is InChI=1S/C19H17N5O3S3/c1-13(15-8-5-9-16(10-15)24(26)27)20-21-17(25)12-29-19-23-22-18(30-19)28-11-14-6-3-2-4-7-14/h2-10H,11-12H2,1H3,(H,21,25)/b20-13-. The molecule has 0 saturated heterocycles. The molecular weight excluding hydrogens is 442 g/mol. The molecule has 2 aromatic carbocycles. The summed E-state index contributed by atoms with van der Waals surface area (Å²) in [5.74, 6) is 0.661. The number of nitrogens with zero attached hydrogens (tertiary/aromatic N) is 4. The van der Waals surface area contributed by atoms with Gasteiger partial charge in [0, 0.05) is 23.4 Å². The number of nitrogens with one attached hydrogen (secondary N) is 1. The van der Waals surface area contributed by atoms with Crippen molar-refractivity contribution in [2.75, 3.05) is 5.75 Å². The van der Waals surface area contributed by atoms with E-state index in [1.165, 1.54) is 40.8 Å². The molecule has 3 rings (SSSR count). The number of benzene rings is 2. The number of hydrogen-bond acceptors (Lipinski definition) is 9. The smallest absolute Gasteiger partial charge is 0.270 e. The summed E-state index contributed by atoms with van der Waals surface area (Å²) in [5, 5.41) is 23.1. The third-order valence-electron chi connectivity index (χ3n) is 3.74. The molecular formula is C19H17N5O3S3. The minimum atomic E-state index is -0.472. The monoisotopic (exact) mass is 459 g/mol. The summed E-state index contributed by atoms with van der Waals surface area (Å²) >= 11 is 4.33. The third kappa shape index (κ3) is 6.65. The van der Waals surface area contributed by atoms with E-state index in [2.05, 4.69) is 32.9 Å². The van der Waals surface area contributed by atoms with Gasteiger partial charge in [-0.05, 0) is 12.5 Å². The number of hydrogen-bond donors (Lipinski definition) is 1. The number of carbonyl (C=O) groups is 1. The van der Waals surface area contributed by atoms with Gasteiger partial charge in [0.15, 0.2) is 8.68 Å². The van der Waals surface area contributed by atoms with Gasteiger partial charge in [0.25, 0.3) is 11.6 Å². The highest BCUT2D eigenvalue weighted by molar-refractivity contribution is 8.03. The van der Waals surface area contributed by atoms with E-state index in [0.717, 1.165) is 10.1 Å². The van der Waals surface area contributed by atoms with Crippen LogP contribution in [0.4, 0.5) is 5.69 Å². The average molecular weight is 460 g/mol. The molecule has 0 radical (unpaired) electrons. The lowest BCUT2D eigenvalue weighted by Gasteiger charge is -2.02. The van der Waals surface area contributed by atoms with Gasteiger partial charge in [0.05, 0.1) is 16.4 Å². The summed E-state index contributed by atoms with van der Waals surface area (Å²) in [6.07, 6.45) is 0. The lowest BCUT2D eigenvalue weighted by molar-refractivity contribution is -0.384. The van der Waals surface area contributed by atoms with Crippen molar-refractivity contribution in [1.82, 2.24) is 15.6 Å². The summed E-state index contributed by atoms with van der Waals surface area (Å²) in [5.41, 5.74) is 4.70. The fourth-order valence-electron chi connectivity index (χ4n) is 2.25. The molecule has 30 heavy (non-hydrogen) atoms. The quantitative estimate of drug-likeness (QED) is 0.219. The van der Waals surface area contributed by atoms with E-state index in [4.69, 9.17) is 0 Å². The van der Waals surface area contributed by atoms with Crippen LogP contribution in [0.15, 0.2) is 68.4 Å². The van der Waals surface area contributed by atoms with Crippen LogP contribution in [0.2, 0.25) is 0 Å². The van der Waals surface area contributed by atoms with Gasteiger partial charge in [-0.1, -0.05) is 77.3 Å². The molecule has 0 spiro atoms. The molecule has 11 heteroatoms. The maximum Gasteiger partial charge on any atom is 0.270 e. The van der Waals surface area contributed by atoms with Crippen molar-refractivity contribution < 1.29 is 9.72 Å². The molecule has 1 amide bonds. The lowest BCUT2D eigenvalue weighted by atomic mass is 10.1. The van der Waals surface area contributed by atoms with E-state index >= 15 is 0 Å². The van der Waals surface area contributed by atoms with E-state index in [9.17, 15) is 14.9 Å². The molecule has 154 valence electrons. The fraction of sp³-hybridized carbons (Fsp3) is 0.158. The van der Waals surface area contributed by atoms with Crippen LogP contribution in [0.3, 0.4) is 0 Å². The molecule has 0 aliphatic rings. The Morgan fingerprint density at radius 3 is 2.60 bits per heavy atom. The number of non-ortho nitro benzene ring substituents is 1. The Balaban J connectivity index is 1.46. The van der Waals surface area contributed by atoms with Gasteiger partial charge in [-0.15, -0.1) is 10.2 Å². The molecule has 0 aliphatic carbocycles. The van der Waals surface area contributed by atoms with E-state index in [1.54, 1.807) is 30.8 Å². The van der Waals surface area contributed by atoms with Crippen molar-refractivity contribution in [3.8, 4) is 0 Å². The summed E-state index contributed by atoms with van der Waals surface area (Å²) in [7, 11) is 0. The van der Waals surface area contributed by atoms with Crippen LogP contribution in [0.5, 0.6) is 0 Å². The van der Waals surface area contributed by atoms with Gasteiger partial charge in [0.1, 0.15) is 0 Å². The highest BCUT2D eigenvalue weighted by Crippen LogP contribution is 2.30. The largest absolute Gasteiger partial charge is 0.272 e. The molecule has 3 aromatic rings. The molecule has 0 atom stereocenters. The van der Waals surface area contributed by atoms with Gasteiger partial charge < -0.3 is 0 Å². The Hall–Kier alpha value is -2.76. The Morgan fingerprint density at radius 2 is 1.87 bits per heavy atom. The van der Waals surface area contributed by atoms with E-state index in [0.29, 0.717) is 15.6 Å². The Morgan fingerprint density at radius 1 is 1.13 bits per heavy atom. The number of thioether (sulfide) groups is 2. The number of nitro benzene ring substituents is 1. The van der Waals surface area contributed by atoms with Crippen molar-refractivity contribution in [1.29, 1.82) is 0 Å². The van der Waals surface area contributed by atoms with Crippen molar-refractivity contribution >= 4 is 52.2 Å². The van der Waals surface area contributed by atoms with E-state index < -0.39 is 4.92 Å². The molecule has 1 aromatic heterocycles. The fourth-order valence-corrected chi connectivity index (χ4v) is 5.02. The van der Waals surface area contributed by atoms with E-state index in [-0.39, 0.29) is 17.3 Å². The second kappa shape index (κ2) is 10.9. The number of aromatic nitrogens is 2. The molecule has 8 nitrogen and oxygen atoms in total. The molecule has 0 aliphatic heterocycles. The second-order valence-corrected chi connectivity index (χ2v) is 9.36. The van der Waals surface area contributed by atoms with Crippen LogP contribution in [0.1, 0.15) is 18.1 Å². The SMILES string of the molecule is C/C(=N/NC(=O)CSc1nnc(SCc2ccccc2)s1)c1cccc([N+](=O)[O-])c1. The summed E-state index contributed by atoms with van der Waals surface area (Å²) in [6.45, 7) is 1.67. The van der Waals surface area contributed by atoms with Crippen LogP contribution in [0.25, 0.3) is 0 Å². The number of amides is 1. The molecule has 0 saturated carbocycles. The van der Waals surface area contributed by atoms with Crippen molar-refractivity contribution in [2.45, 2.75) is 21.4 Å². The number of hydrazone groups is 1. The Labute approximate surface area is 185 Å². The van der Waals surface area contributed by atoms with Crippen LogP contribution >= 0.6 is 34.9 Å². The normalized spacial score (nSPS) is 11.3. The molecule has 1 heterocycles. The van der Waals surface area contributed by atoms with Crippen LogP contribution < -0.4 is 5.43 Å². The zero-order chi connectivity index (χ0) is 21.3. The van der Waals surface area contributed by atoms with Gasteiger partial charge in [-0.2, -0.15) is 5.10 Å². The first-order valence-electron chi connectivity index (χ1n) is 8.72. The second-order valence-electron chi connectivity index (χ2n) is 5.94. The molecule has 0 bridgehead atoms. The minimum Gasteiger partial charge on any atom is -0.272 e. The van der Waals surface area contributed by atoms with Crippen LogP contribution in [-0.4, -0.2) is 32.5 Å². The first-order chi connectivity index (χ1) is 14.5. The van der Waals surface area contributed by atoms with Crippen LogP contribution in [-0.2, 0) is 10.5 Å². The van der Waals surface area contributed by atoms with Crippen molar-refractivity contribution in [2.24, 2.45) is 5.10 Å². The number of nitro groups is 1. The minimum absolute atomic E-state index is 0.0267. The van der Waals surface area contributed by atoms with Gasteiger partial charge in [0.2, 0.25) is 0 Å². The Bertz CT molecular complexity index is 1060. The van der Waals surface area contributed by atoms with E-state index in [1.807, 2.05) is 18.2 Å². The highest BCUT2D eigenvalue weighted by Gasteiger charge is 2.10. The average Bonchev–Trinajstić information content (AvgIpc) is 3.23. The van der Waals surface area contributed by atoms with Gasteiger partial charge in [-0.25, -0.2) is 5.43 Å².